The molecule has 5 aliphatic rings. The van der Waals surface area contributed by atoms with Crippen LogP contribution in [-0.2, 0) is 14.3 Å². The van der Waals surface area contributed by atoms with Gasteiger partial charge < -0.3 is 14.6 Å². The van der Waals surface area contributed by atoms with E-state index in [0.29, 0.717) is 43.3 Å². The van der Waals surface area contributed by atoms with Crippen LogP contribution in [0.4, 0.5) is 0 Å². The fourth-order valence-corrected chi connectivity index (χ4v) is 7.86. The van der Waals surface area contributed by atoms with E-state index in [-0.39, 0.29) is 17.3 Å². The lowest BCUT2D eigenvalue weighted by Gasteiger charge is -2.44. The molecule has 5 fully saturated rings. The molecule has 4 aliphatic carbocycles. The summed E-state index contributed by atoms with van der Waals surface area (Å²) in [5.74, 6) is 0.971. The molecule has 1 heterocycles. The van der Waals surface area contributed by atoms with Crippen LogP contribution in [0.25, 0.3) is 0 Å². The first-order chi connectivity index (χ1) is 16.7. The predicted molar refractivity (Wildman–Crippen MR) is 139 cm³/mol. The number of hydrogen-bond donors (Lipinski definition) is 1. The Morgan fingerprint density at radius 3 is 2.57 bits per heavy atom. The van der Waals surface area contributed by atoms with E-state index >= 15 is 0 Å². The van der Waals surface area contributed by atoms with Gasteiger partial charge in [-0.2, -0.15) is 0 Å². The molecule has 1 N–H and O–H groups in total. The summed E-state index contributed by atoms with van der Waals surface area (Å²) in [6, 6.07) is 0. The summed E-state index contributed by atoms with van der Waals surface area (Å²) >= 11 is 0. The predicted octanol–water partition coefficient (Wildman–Crippen LogP) is 6.46. The fourth-order valence-electron chi connectivity index (χ4n) is 7.86. The van der Waals surface area contributed by atoms with Crippen molar-refractivity contribution in [1.82, 2.24) is 0 Å². The van der Waals surface area contributed by atoms with Gasteiger partial charge in [-0.05, 0) is 97.7 Å². The molecule has 1 spiro atoms. The molecule has 4 nitrogen and oxygen atoms in total. The van der Waals surface area contributed by atoms with Crippen molar-refractivity contribution in [2.45, 2.75) is 96.9 Å². The lowest BCUT2D eigenvalue weighted by molar-refractivity contribution is -0.260. The van der Waals surface area contributed by atoms with E-state index in [1.807, 2.05) is 0 Å². The van der Waals surface area contributed by atoms with Gasteiger partial charge in [0.05, 0.1) is 19.3 Å². The van der Waals surface area contributed by atoms with E-state index in [4.69, 9.17) is 9.47 Å². The monoisotopic (exact) mass is 480 g/mol. The number of carbonyl (C=O) groups is 1. The number of aliphatic hydroxyl groups is 1. The Kier molecular flexibility index (Phi) is 7.02. The van der Waals surface area contributed by atoms with Crippen molar-refractivity contribution in [2.75, 3.05) is 13.2 Å². The van der Waals surface area contributed by atoms with Crippen LogP contribution in [-0.4, -0.2) is 36.0 Å². The number of ether oxygens (including phenoxy) is 2. The van der Waals surface area contributed by atoms with Crippen molar-refractivity contribution in [3.63, 3.8) is 0 Å². The zero-order valence-electron chi connectivity index (χ0n) is 22.0. The third-order valence-corrected chi connectivity index (χ3v) is 9.94. The van der Waals surface area contributed by atoms with Crippen molar-refractivity contribution in [1.29, 1.82) is 0 Å². The van der Waals surface area contributed by atoms with Gasteiger partial charge in [-0.25, -0.2) is 0 Å². The summed E-state index contributed by atoms with van der Waals surface area (Å²) in [6.45, 7) is 12.3. The molecule has 0 amide bonds. The highest BCUT2D eigenvalue weighted by molar-refractivity contribution is 6.03. The minimum atomic E-state index is -1.01. The molecule has 5 rings (SSSR count). The zero-order chi connectivity index (χ0) is 24.8. The molecule has 4 saturated carbocycles. The Labute approximate surface area is 211 Å². The second-order valence-electron chi connectivity index (χ2n) is 12.3. The summed E-state index contributed by atoms with van der Waals surface area (Å²) in [5, 5.41) is 10.2. The quantitative estimate of drug-likeness (QED) is 0.471. The molecule has 192 valence electrons. The van der Waals surface area contributed by atoms with Crippen LogP contribution in [0.1, 0.15) is 85.0 Å². The molecule has 1 aliphatic heterocycles. The first-order valence-electron chi connectivity index (χ1n) is 14.0. The summed E-state index contributed by atoms with van der Waals surface area (Å²) in [5.41, 5.74) is 4.91. The summed E-state index contributed by atoms with van der Waals surface area (Å²) in [4.78, 5) is 13.3. The van der Waals surface area contributed by atoms with Crippen molar-refractivity contribution in [2.24, 2.45) is 29.1 Å². The van der Waals surface area contributed by atoms with E-state index in [1.165, 1.54) is 37.7 Å². The topological polar surface area (TPSA) is 55.8 Å². The normalized spacial score (nSPS) is 44.5. The van der Waals surface area contributed by atoms with Gasteiger partial charge in [0.1, 0.15) is 0 Å². The van der Waals surface area contributed by atoms with Gasteiger partial charge in [-0.15, -0.1) is 0 Å². The van der Waals surface area contributed by atoms with Gasteiger partial charge in [-0.1, -0.05) is 51.2 Å². The molecular weight excluding hydrogens is 436 g/mol. The molecule has 0 bridgehead atoms. The Balaban J connectivity index is 1.31. The number of aliphatic hydroxyl groups excluding tert-OH is 1. The van der Waals surface area contributed by atoms with Crippen LogP contribution in [0.15, 0.2) is 47.1 Å². The number of ketones is 1. The van der Waals surface area contributed by atoms with Crippen LogP contribution in [0.5, 0.6) is 0 Å². The highest BCUT2D eigenvalue weighted by atomic mass is 16.7. The van der Waals surface area contributed by atoms with Gasteiger partial charge in [0, 0.05) is 12.3 Å². The molecule has 0 aromatic carbocycles. The van der Waals surface area contributed by atoms with Crippen LogP contribution in [0.2, 0.25) is 0 Å². The lowest BCUT2D eigenvalue weighted by atomic mass is 9.61. The average molecular weight is 481 g/mol. The number of carbonyl (C=O) groups excluding carboxylic acids is 1. The maximum atomic E-state index is 13.3. The van der Waals surface area contributed by atoms with Crippen molar-refractivity contribution in [3.05, 3.63) is 47.1 Å². The van der Waals surface area contributed by atoms with Gasteiger partial charge >= 0.3 is 0 Å². The summed E-state index contributed by atoms with van der Waals surface area (Å²) in [6.07, 6.45) is 17.0. The van der Waals surface area contributed by atoms with Crippen molar-refractivity contribution in [3.8, 4) is 0 Å². The third kappa shape index (κ3) is 4.55. The second kappa shape index (κ2) is 9.76. The maximum absolute atomic E-state index is 13.3. The van der Waals surface area contributed by atoms with Gasteiger partial charge in [0.2, 0.25) is 11.6 Å². The standard InChI is InChI=1S/C31H44O4/c1-20-18-34-31(35-19-20)16-14-25(29(31)33)17-21(2)26-12-13-27-24(8-6-15-30(26,27)4)11-10-23-7-5-9-28(32)22(23)3/h10-11,17,20-21,26-28,32H,3,5-9,12-16,18-19H2,1-2,4H3/b23-10-,24-11+,25-17+/t20?,21?,26-,27?,28+,30-,31?/m1/s1. The smallest absolute Gasteiger partial charge is 0.233 e. The molecule has 4 heteroatoms. The Hall–Kier alpha value is -1.49. The zero-order valence-corrected chi connectivity index (χ0v) is 22.0. The van der Waals surface area contributed by atoms with Crippen LogP contribution >= 0.6 is 0 Å². The van der Waals surface area contributed by atoms with Crippen LogP contribution in [0, 0.1) is 29.1 Å². The first kappa shape index (κ1) is 25.2. The number of fused-ring (bicyclic) bond motifs is 1. The molecule has 35 heavy (non-hydrogen) atoms. The number of rotatable bonds is 3. The van der Waals surface area contributed by atoms with Crippen molar-refractivity contribution < 1.29 is 19.4 Å². The number of Topliss-reactive ketones (excluding diaryl/α,β-unsaturated/α-hetero) is 1. The summed E-state index contributed by atoms with van der Waals surface area (Å²) < 4.78 is 11.9. The van der Waals surface area contributed by atoms with Crippen molar-refractivity contribution >= 4 is 5.78 Å². The fraction of sp³-hybridized carbons (Fsp3) is 0.710. The van der Waals surface area contributed by atoms with E-state index < -0.39 is 5.79 Å². The second-order valence-corrected chi connectivity index (χ2v) is 12.3. The molecule has 5 atom stereocenters. The highest BCUT2D eigenvalue weighted by Crippen LogP contribution is 2.60. The largest absolute Gasteiger partial charge is 0.388 e. The Morgan fingerprint density at radius 2 is 1.80 bits per heavy atom. The van der Waals surface area contributed by atoms with Crippen LogP contribution in [0.3, 0.4) is 0 Å². The van der Waals surface area contributed by atoms with Gasteiger partial charge in [0.15, 0.2) is 0 Å². The SMILES string of the molecule is C=C1/C(=C\C=C2/CCC[C@@]3(C)C2CC[C@@H]3C(C)/C=C2\CCC3(OCC(C)CO3)C2=O)CCC[C@@H]1O. The molecule has 2 unspecified atom stereocenters. The van der Waals surface area contributed by atoms with E-state index in [1.54, 1.807) is 5.57 Å². The average Bonchev–Trinajstić information content (AvgIpc) is 3.34. The molecule has 0 radical (unpaired) electrons. The molecular formula is C31H44O4. The van der Waals surface area contributed by atoms with Crippen LogP contribution < -0.4 is 0 Å². The molecule has 0 aromatic heterocycles. The lowest BCUT2D eigenvalue weighted by Crippen LogP contribution is -2.47. The minimum absolute atomic E-state index is 0.0710. The molecule has 0 aromatic rings. The third-order valence-electron chi connectivity index (χ3n) is 9.94. The maximum Gasteiger partial charge on any atom is 0.233 e. The number of hydrogen-bond acceptors (Lipinski definition) is 4. The Bertz CT molecular complexity index is 947. The highest BCUT2D eigenvalue weighted by Gasteiger charge is 2.52. The first-order valence-corrected chi connectivity index (χ1v) is 14.0. The van der Waals surface area contributed by atoms with E-state index in [2.05, 4.69) is 45.6 Å². The molecule has 1 saturated heterocycles. The van der Waals surface area contributed by atoms with E-state index in [0.717, 1.165) is 36.8 Å². The van der Waals surface area contributed by atoms with E-state index in [9.17, 15) is 9.90 Å². The summed E-state index contributed by atoms with van der Waals surface area (Å²) in [7, 11) is 0. The Morgan fingerprint density at radius 1 is 1.03 bits per heavy atom. The minimum Gasteiger partial charge on any atom is -0.388 e. The number of allylic oxidation sites excluding steroid dienone is 4. The van der Waals surface area contributed by atoms with Gasteiger partial charge in [0.25, 0.3) is 0 Å². The van der Waals surface area contributed by atoms with Gasteiger partial charge in [-0.3, -0.25) is 4.79 Å².